The van der Waals surface area contributed by atoms with Gasteiger partial charge in [-0.25, -0.2) is 5.84 Å². The van der Waals surface area contributed by atoms with Crippen molar-refractivity contribution in [3.05, 3.63) is 0 Å². The molecule has 0 saturated carbocycles. The molecule has 104 valence electrons. The van der Waals surface area contributed by atoms with Crippen LogP contribution >= 0.6 is 11.8 Å². The third-order valence-electron chi connectivity index (χ3n) is 3.25. The molecule has 0 atom stereocenters. The highest BCUT2D eigenvalue weighted by Gasteiger charge is 2.23. The number of thioether (sulfide) groups is 1. The van der Waals surface area contributed by atoms with Gasteiger partial charge in [0, 0.05) is 13.1 Å². The first-order chi connectivity index (χ1) is 9.35. The van der Waals surface area contributed by atoms with Gasteiger partial charge in [0.05, 0.1) is 18.5 Å². The lowest BCUT2D eigenvalue weighted by molar-refractivity contribution is 0.0454. The molecular formula is C11H18N6OS. The first-order valence-electron chi connectivity index (χ1n) is 6.57. The zero-order chi connectivity index (χ0) is 13.1. The van der Waals surface area contributed by atoms with Crippen molar-refractivity contribution < 1.29 is 4.74 Å². The highest BCUT2D eigenvalue weighted by Crippen LogP contribution is 2.27. The van der Waals surface area contributed by atoms with Gasteiger partial charge in [-0.05, 0) is 19.3 Å². The fourth-order valence-corrected chi connectivity index (χ4v) is 3.03. The zero-order valence-electron chi connectivity index (χ0n) is 10.7. The van der Waals surface area contributed by atoms with Gasteiger partial charge >= 0.3 is 0 Å². The van der Waals surface area contributed by atoms with E-state index in [0.717, 1.165) is 37.4 Å². The zero-order valence-corrected chi connectivity index (χ0v) is 11.5. The van der Waals surface area contributed by atoms with E-state index in [1.165, 1.54) is 19.3 Å². The van der Waals surface area contributed by atoms with Crippen molar-refractivity contribution in [1.82, 2.24) is 15.0 Å². The third kappa shape index (κ3) is 3.07. The maximum Gasteiger partial charge on any atom is 0.242 e. The minimum absolute atomic E-state index is 0.429. The van der Waals surface area contributed by atoms with Gasteiger partial charge in [0.2, 0.25) is 11.9 Å². The van der Waals surface area contributed by atoms with Gasteiger partial charge < -0.3 is 9.64 Å². The first-order valence-corrected chi connectivity index (χ1v) is 7.45. The maximum absolute atomic E-state index is 5.44. The molecule has 3 rings (SSSR count). The number of aromatic nitrogens is 3. The highest BCUT2D eigenvalue weighted by molar-refractivity contribution is 7.99. The number of rotatable bonds is 4. The molecule has 8 heteroatoms. The van der Waals surface area contributed by atoms with Crippen LogP contribution in [0, 0.1) is 0 Å². The number of hydrazine groups is 1. The summed E-state index contributed by atoms with van der Waals surface area (Å²) in [6, 6.07) is 0. The summed E-state index contributed by atoms with van der Waals surface area (Å²) in [7, 11) is 0. The Bertz CT molecular complexity index is 435. The number of hydrogen-bond donors (Lipinski definition) is 2. The number of anilines is 2. The minimum Gasteiger partial charge on any atom is -0.379 e. The normalized spacial score (nSPS) is 20.2. The van der Waals surface area contributed by atoms with Crippen molar-refractivity contribution in [2.75, 3.05) is 36.6 Å². The van der Waals surface area contributed by atoms with E-state index in [9.17, 15) is 0 Å². The van der Waals surface area contributed by atoms with Gasteiger partial charge in [-0.15, -0.1) is 0 Å². The van der Waals surface area contributed by atoms with Crippen molar-refractivity contribution in [2.24, 2.45) is 5.84 Å². The number of nitrogens with zero attached hydrogens (tertiary/aromatic N) is 4. The molecular weight excluding hydrogens is 264 g/mol. The van der Waals surface area contributed by atoms with Crippen LogP contribution in [0.25, 0.3) is 0 Å². The van der Waals surface area contributed by atoms with Crippen LogP contribution in [0.4, 0.5) is 11.9 Å². The fraction of sp³-hybridized carbons (Fsp3) is 0.727. The second kappa shape index (κ2) is 5.89. The van der Waals surface area contributed by atoms with Gasteiger partial charge in [-0.2, -0.15) is 15.0 Å². The predicted octanol–water partition coefficient (Wildman–Crippen LogP) is 0.638. The molecule has 2 aliphatic heterocycles. The Balaban J connectivity index is 1.78. The standard InChI is InChI=1S/C11H18N6OS/c12-16-9-13-10(17-4-2-1-3-5-17)15-11(14-9)19-8-6-18-7-8/h8H,1-7,12H2,(H,13,14,15,16). The summed E-state index contributed by atoms with van der Waals surface area (Å²) in [4.78, 5) is 15.4. The van der Waals surface area contributed by atoms with Crippen LogP contribution in [0.5, 0.6) is 0 Å². The van der Waals surface area contributed by atoms with Crippen molar-refractivity contribution >= 4 is 23.7 Å². The number of nitrogens with two attached hydrogens (primary N) is 1. The van der Waals surface area contributed by atoms with Gasteiger partial charge in [-0.1, -0.05) is 11.8 Å². The summed E-state index contributed by atoms with van der Waals surface area (Å²) in [5.41, 5.74) is 2.52. The van der Waals surface area contributed by atoms with E-state index in [1.54, 1.807) is 11.8 Å². The van der Waals surface area contributed by atoms with Crippen LogP contribution in [0.3, 0.4) is 0 Å². The molecule has 0 spiro atoms. The van der Waals surface area contributed by atoms with Crippen LogP contribution in [-0.4, -0.2) is 46.5 Å². The second-order valence-electron chi connectivity index (χ2n) is 4.71. The van der Waals surface area contributed by atoms with Crippen LogP contribution in [0.2, 0.25) is 0 Å². The highest BCUT2D eigenvalue weighted by atomic mass is 32.2. The average Bonchev–Trinajstić information content (AvgIpc) is 2.43. The molecule has 0 amide bonds. The summed E-state index contributed by atoms with van der Waals surface area (Å²) in [5.74, 6) is 6.60. The lowest BCUT2D eigenvalue weighted by atomic mass is 10.1. The molecule has 1 aromatic heterocycles. The smallest absolute Gasteiger partial charge is 0.242 e. The lowest BCUT2D eigenvalue weighted by Gasteiger charge is -2.28. The molecule has 3 heterocycles. The Morgan fingerprint density at radius 1 is 1.16 bits per heavy atom. The number of piperidine rings is 1. The third-order valence-corrected chi connectivity index (χ3v) is 4.25. The van der Waals surface area contributed by atoms with Crippen molar-refractivity contribution in [3.63, 3.8) is 0 Å². The molecule has 0 aliphatic carbocycles. The number of hydrogen-bond acceptors (Lipinski definition) is 8. The molecule has 19 heavy (non-hydrogen) atoms. The maximum atomic E-state index is 5.44. The van der Waals surface area contributed by atoms with E-state index in [0.29, 0.717) is 11.2 Å². The second-order valence-corrected chi connectivity index (χ2v) is 5.98. The van der Waals surface area contributed by atoms with Gasteiger partial charge in [0.25, 0.3) is 0 Å². The molecule has 0 aromatic carbocycles. The number of nitrogen functional groups attached to an aromatic ring is 1. The van der Waals surface area contributed by atoms with Crippen LogP contribution in [0.15, 0.2) is 5.16 Å². The van der Waals surface area contributed by atoms with E-state index in [4.69, 9.17) is 10.6 Å². The molecule has 2 saturated heterocycles. The molecule has 7 nitrogen and oxygen atoms in total. The van der Waals surface area contributed by atoms with E-state index in [-0.39, 0.29) is 0 Å². The minimum atomic E-state index is 0.429. The van der Waals surface area contributed by atoms with Crippen molar-refractivity contribution in [1.29, 1.82) is 0 Å². The lowest BCUT2D eigenvalue weighted by Crippen LogP contribution is -2.32. The summed E-state index contributed by atoms with van der Waals surface area (Å²) in [5, 5.41) is 1.17. The first kappa shape index (κ1) is 12.9. The van der Waals surface area contributed by atoms with Gasteiger partial charge in [-0.3, -0.25) is 5.43 Å². The Morgan fingerprint density at radius 2 is 1.95 bits per heavy atom. The monoisotopic (exact) mass is 282 g/mol. The van der Waals surface area contributed by atoms with Crippen molar-refractivity contribution in [2.45, 2.75) is 29.7 Å². The summed E-state index contributed by atoms with van der Waals surface area (Å²) in [6.07, 6.45) is 3.66. The molecule has 3 N–H and O–H groups in total. The quantitative estimate of drug-likeness (QED) is 0.614. The number of ether oxygens (including phenoxy) is 1. The van der Waals surface area contributed by atoms with E-state index >= 15 is 0 Å². The van der Waals surface area contributed by atoms with Gasteiger partial charge in [0.15, 0.2) is 5.16 Å². The SMILES string of the molecule is NNc1nc(SC2COC2)nc(N2CCCCC2)n1. The van der Waals surface area contributed by atoms with Crippen LogP contribution in [-0.2, 0) is 4.74 Å². The van der Waals surface area contributed by atoms with E-state index in [1.807, 2.05) is 0 Å². The Kier molecular flexibility index (Phi) is 4.00. The Morgan fingerprint density at radius 3 is 2.58 bits per heavy atom. The Labute approximate surface area is 116 Å². The molecule has 0 unspecified atom stereocenters. The fourth-order valence-electron chi connectivity index (χ4n) is 2.13. The Hall–Kier alpha value is -1.12. The predicted molar refractivity (Wildman–Crippen MR) is 74.2 cm³/mol. The topological polar surface area (TPSA) is 89.2 Å². The number of nitrogens with one attached hydrogen (secondary N) is 1. The van der Waals surface area contributed by atoms with Crippen molar-refractivity contribution in [3.8, 4) is 0 Å². The van der Waals surface area contributed by atoms with Gasteiger partial charge in [0.1, 0.15) is 0 Å². The van der Waals surface area contributed by atoms with E-state index < -0.39 is 0 Å². The summed E-state index contributed by atoms with van der Waals surface area (Å²) < 4.78 is 5.17. The molecule has 1 aromatic rings. The van der Waals surface area contributed by atoms with E-state index in [2.05, 4.69) is 25.3 Å². The molecule has 2 aliphatic rings. The summed E-state index contributed by atoms with van der Waals surface area (Å²) >= 11 is 1.63. The molecule has 2 fully saturated rings. The molecule has 0 bridgehead atoms. The average molecular weight is 282 g/mol. The van der Waals surface area contributed by atoms with Crippen LogP contribution in [0.1, 0.15) is 19.3 Å². The summed E-state index contributed by atoms with van der Waals surface area (Å²) in [6.45, 7) is 3.54. The largest absolute Gasteiger partial charge is 0.379 e. The molecule has 0 radical (unpaired) electrons. The van der Waals surface area contributed by atoms with Crippen LogP contribution < -0.4 is 16.2 Å².